The first-order valence-corrected chi connectivity index (χ1v) is 7.14. The number of anilines is 1. The molecule has 2 aromatic heterocycles. The molecule has 0 aliphatic carbocycles. The molecule has 2 aromatic rings. The van der Waals surface area contributed by atoms with Gasteiger partial charge < -0.3 is 9.64 Å². The summed E-state index contributed by atoms with van der Waals surface area (Å²) in [5.74, 6) is 0.755. The van der Waals surface area contributed by atoms with Crippen LogP contribution in [0.2, 0.25) is 0 Å². The Balaban J connectivity index is 1.90. The maximum atomic E-state index is 8.78. The Morgan fingerprint density at radius 3 is 3.00 bits per heavy atom. The molecule has 0 saturated carbocycles. The SMILES string of the molecule is Cc1csc([C@@H]2COCCN2c2cnc(C#N)cn2)n1. The van der Waals surface area contributed by atoms with Crippen LogP contribution in [0.15, 0.2) is 17.8 Å². The molecule has 0 bridgehead atoms. The molecular formula is C13H13N5OS. The molecule has 102 valence electrons. The van der Waals surface area contributed by atoms with E-state index in [4.69, 9.17) is 10.00 Å². The molecule has 0 unspecified atom stereocenters. The Bertz CT molecular complexity index is 633. The number of nitrogens with zero attached hydrogens (tertiary/aromatic N) is 5. The lowest BCUT2D eigenvalue weighted by Gasteiger charge is -2.35. The van der Waals surface area contributed by atoms with E-state index < -0.39 is 0 Å². The Labute approximate surface area is 120 Å². The summed E-state index contributed by atoms with van der Waals surface area (Å²) >= 11 is 1.63. The number of aromatic nitrogens is 3. The van der Waals surface area contributed by atoms with Crippen molar-refractivity contribution in [2.45, 2.75) is 13.0 Å². The zero-order valence-corrected chi connectivity index (χ0v) is 11.8. The molecule has 3 heterocycles. The van der Waals surface area contributed by atoms with Gasteiger partial charge in [-0.15, -0.1) is 11.3 Å². The first-order valence-electron chi connectivity index (χ1n) is 6.26. The summed E-state index contributed by atoms with van der Waals surface area (Å²) in [5, 5.41) is 11.8. The lowest BCUT2D eigenvalue weighted by molar-refractivity contribution is 0.0936. The van der Waals surface area contributed by atoms with Crippen molar-refractivity contribution in [2.24, 2.45) is 0 Å². The number of rotatable bonds is 2. The summed E-state index contributed by atoms with van der Waals surface area (Å²) in [6.07, 6.45) is 3.13. The minimum atomic E-state index is 0.0599. The second-order valence-electron chi connectivity index (χ2n) is 4.48. The summed E-state index contributed by atoms with van der Waals surface area (Å²) < 4.78 is 5.57. The van der Waals surface area contributed by atoms with Gasteiger partial charge in [0.15, 0.2) is 5.69 Å². The van der Waals surface area contributed by atoms with E-state index in [0.29, 0.717) is 18.9 Å². The van der Waals surface area contributed by atoms with E-state index in [1.807, 2.05) is 18.4 Å². The Hall–Kier alpha value is -2.04. The summed E-state index contributed by atoms with van der Waals surface area (Å²) in [6, 6.07) is 2.04. The standard InChI is InChI=1S/C13H13N5OS/c1-9-8-20-13(17-9)11-7-19-3-2-18(11)12-6-15-10(4-14)5-16-12/h5-6,8,11H,2-3,7H2,1H3/t11-/m0/s1. The minimum Gasteiger partial charge on any atom is -0.377 e. The number of ether oxygens (including phenoxy) is 1. The smallest absolute Gasteiger partial charge is 0.158 e. The number of nitriles is 1. The predicted molar refractivity (Wildman–Crippen MR) is 74.5 cm³/mol. The minimum absolute atomic E-state index is 0.0599. The monoisotopic (exact) mass is 287 g/mol. The van der Waals surface area contributed by atoms with Crippen LogP contribution in [0.3, 0.4) is 0 Å². The van der Waals surface area contributed by atoms with E-state index in [9.17, 15) is 0 Å². The molecule has 0 amide bonds. The lowest BCUT2D eigenvalue weighted by atomic mass is 10.2. The van der Waals surface area contributed by atoms with Gasteiger partial charge in [0.1, 0.15) is 22.9 Å². The highest BCUT2D eigenvalue weighted by molar-refractivity contribution is 7.09. The van der Waals surface area contributed by atoms with Gasteiger partial charge in [-0.3, -0.25) is 0 Å². The number of aryl methyl sites for hydroxylation is 1. The molecule has 7 heteroatoms. The second-order valence-corrected chi connectivity index (χ2v) is 5.37. The fourth-order valence-corrected chi connectivity index (χ4v) is 3.03. The van der Waals surface area contributed by atoms with Crippen molar-refractivity contribution in [2.75, 3.05) is 24.7 Å². The molecule has 0 aromatic carbocycles. The van der Waals surface area contributed by atoms with Gasteiger partial charge in [0, 0.05) is 17.6 Å². The topological polar surface area (TPSA) is 74.9 Å². The molecule has 0 spiro atoms. The Morgan fingerprint density at radius 2 is 2.35 bits per heavy atom. The van der Waals surface area contributed by atoms with Crippen LogP contribution < -0.4 is 4.90 Å². The Morgan fingerprint density at radius 1 is 1.45 bits per heavy atom. The van der Waals surface area contributed by atoms with Crippen molar-refractivity contribution < 1.29 is 4.74 Å². The van der Waals surface area contributed by atoms with E-state index in [2.05, 4.69) is 19.9 Å². The van der Waals surface area contributed by atoms with Crippen molar-refractivity contribution in [3.8, 4) is 6.07 Å². The molecule has 1 aliphatic heterocycles. The Kier molecular flexibility index (Phi) is 3.58. The molecule has 6 nitrogen and oxygen atoms in total. The van der Waals surface area contributed by atoms with Crippen LogP contribution in [0.4, 0.5) is 5.82 Å². The van der Waals surface area contributed by atoms with Crippen LogP contribution in [-0.2, 0) is 4.74 Å². The maximum absolute atomic E-state index is 8.78. The van der Waals surface area contributed by atoms with Crippen LogP contribution in [0.25, 0.3) is 0 Å². The molecule has 1 aliphatic rings. The molecule has 1 fully saturated rings. The van der Waals surface area contributed by atoms with Crippen molar-refractivity contribution in [1.29, 1.82) is 5.26 Å². The van der Waals surface area contributed by atoms with E-state index in [0.717, 1.165) is 23.1 Å². The van der Waals surface area contributed by atoms with Crippen LogP contribution >= 0.6 is 11.3 Å². The van der Waals surface area contributed by atoms with Crippen LogP contribution in [0.1, 0.15) is 22.4 Å². The third kappa shape index (κ3) is 2.48. The van der Waals surface area contributed by atoms with E-state index >= 15 is 0 Å². The van der Waals surface area contributed by atoms with Gasteiger partial charge in [-0.2, -0.15) is 5.26 Å². The van der Waals surface area contributed by atoms with Gasteiger partial charge in [-0.05, 0) is 6.92 Å². The van der Waals surface area contributed by atoms with Crippen molar-refractivity contribution in [3.05, 3.63) is 34.2 Å². The van der Waals surface area contributed by atoms with Crippen molar-refractivity contribution in [3.63, 3.8) is 0 Å². The highest BCUT2D eigenvalue weighted by Crippen LogP contribution is 2.30. The lowest BCUT2D eigenvalue weighted by Crippen LogP contribution is -2.40. The molecule has 1 atom stereocenters. The largest absolute Gasteiger partial charge is 0.377 e. The average molecular weight is 287 g/mol. The fraction of sp³-hybridized carbons (Fsp3) is 0.385. The van der Waals surface area contributed by atoms with Crippen LogP contribution in [-0.4, -0.2) is 34.7 Å². The molecule has 0 radical (unpaired) electrons. The summed E-state index contributed by atoms with van der Waals surface area (Å²) in [5.41, 5.74) is 1.34. The molecule has 3 rings (SSSR count). The van der Waals surface area contributed by atoms with Gasteiger partial charge in [-0.25, -0.2) is 15.0 Å². The summed E-state index contributed by atoms with van der Waals surface area (Å²) in [4.78, 5) is 15.1. The van der Waals surface area contributed by atoms with Gasteiger partial charge in [-0.1, -0.05) is 0 Å². The highest BCUT2D eigenvalue weighted by Gasteiger charge is 2.28. The predicted octanol–water partition coefficient (Wildman–Crippen LogP) is 1.69. The molecule has 0 N–H and O–H groups in total. The van der Waals surface area contributed by atoms with E-state index in [-0.39, 0.29) is 6.04 Å². The van der Waals surface area contributed by atoms with Gasteiger partial charge in [0.2, 0.25) is 0 Å². The maximum Gasteiger partial charge on any atom is 0.158 e. The van der Waals surface area contributed by atoms with Gasteiger partial charge in [0.05, 0.1) is 25.6 Å². The van der Waals surface area contributed by atoms with E-state index in [1.54, 1.807) is 17.5 Å². The highest BCUT2D eigenvalue weighted by atomic mass is 32.1. The van der Waals surface area contributed by atoms with Crippen molar-refractivity contribution in [1.82, 2.24) is 15.0 Å². The number of hydrogen-bond acceptors (Lipinski definition) is 7. The third-order valence-corrected chi connectivity index (χ3v) is 4.16. The first-order chi connectivity index (χ1) is 9.78. The first kappa shape index (κ1) is 13.0. The quantitative estimate of drug-likeness (QED) is 0.836. The van der Waals surface area contributed by atoms with Crippen LogP contribution in [0.5, 0.6) is 0 Å². The normalized spacial score (nSPS) is 18.8. The molecule has 20 heavy (non-hydrogen) atoms. The van der Waals surface area contributed by atoms with Gasteiger partial charge >= 0.3 is 0 Å². The zero-order valence-electron chi connectivity index (χ0n) is 11.0. The second kappa shape index (κ2) is 5.53. The summed E-state index contributed by atoms with van der Waals surface area (Å²) in [7, 11) is 0. The fourth-order valence-electron chi connectivity index (χ4n) is 2.13. The number of thiazole rings is 1. The van der Waals surface area contributed by atoms with Gasteiger partial charge in [0.25, 0.3) is 0 Å². The zero-order chi connectivity index (χ0) is 13.9. The third-order valence-electron chi connectivity index (χ3n) is 3.10. The number of hydrogen-bond donors (Lipinski definition) is 0. The van der Waals surface area contributed by atoms with Crippen LogP contribution in [0, 0.1) is 18.3 Å². The molecule has 1 saturated heterocycles. The average Bonchev–Trinajstić information content (AvgIpc) is 2.94. The number of morpholine rings is 1. The van der Waals surface area contributed by atoms with E-state index in [1.165, 1.54) is 6.20 Å². The van der Waals surface area contributed by atoms with Crippen molar-refractivity contribution >= 4 is 17.2 Å². The summed E-state index contributed by atoms with van der Waals surface area (Å²) in [6.45, 7) is 3.97. The molecular weight excluding hydrogens is 274 g/mol.